The molecule has 4 nitrogen and oxygen atoms in total. The summed E-state index contributed by atoms with van der Waals surface area (Å²) in [6, 6.07) is 1.76. The van der Waals surface area contributed by atoms with Gasteiger partial charge in [0.2, 0.25) is 0 Å². The van der Waals surface area contributed by atoms with Crippen LogP contribution in [0.3, 0.4) is 0 Å². The molecule has 6 heteroatoms. The second-order valence-corrected chi connectivity index (χ2v) is 4.80. The van der Waals surface area contributed by atoms with Gasteiger partial charge in [0.05, 0.1) is 15.5 Å². The van der Waals surface area contributed by atoms with Gasteiger partial charge in [0.1, 0.15) is 12.0 Å². The Morgan fingerprint density at radius 3 is 3.07 bits per heavy atom. The molecule has 0 aliphatic rings. The van der Waals surface area contributed by atoms with Gasteiger partial charge in [0.25, 0.3) is 5.91 Å². The Balaban J connectivity index is 2.10. The quantitative estimate of drug-likeness (QED) is 0.915. The van der Waals surface area contributed by atoms with Crippen molar-refractivity contribution in [3.63, 3.8) is 0 Å². The highest BCUT2D eigenvalue weighted by atomic mass is 79.9. The highest BCUT2D eigenvalue weighted by Gasteiger charge is 2.08. The minimum atomic E-state index is -0.171. The second-order valence-electron chi connectivity index (χ2n) is 2.51. The summed E-state index contributed by atoms with van der Waals surface area (Å²) in [5.41, 5.74) is 1.17. The number of carbonyl (C=O) groups is 1. The van der Waals surface area contributed by atoms with Crippen molar-refractivity contribution < 1.29 is 9.32 Å². The first-order chi connectivity index (χ1) is 6.75. The zero-order valence-corrected chi connectivity index (χ0v) is 9.26. The molecule has 0 unspecified atom stereocenters. The van der Waals surface area contributed by atoms with Gasteiger partial charge in [0.15, 0.2) is 0 Å². The molecule has 0 bridgehead atoms. The third-order valence-corrected chi connectivity index (χ3v) is 3.02. The molecule has 14 heavy (non-hydrogen) atoms. The lowest BCUT2D eigenvalue weighted by Crippen LogP contribution is -2.09. The zero-order valence-electron chi connectivity index (χ0n) is 6.86. The maximum absolute atomic E-state index is 11.5. The molecule has 2 rings (SSSR count). The highest BCUT2D eigenvalue weighted by molar-refractivity contribution is 9.11. The Morgan fingerprint density at radius 2 is 2.50 bits per heavy atom. The van der Waals surface area contributed by atoms with Crippen molar-refractivity contribution in [3.8, 4) is 0 Å². The Kier molecular flexibility index (Phi) is 2.64. The number of amides is 1. The van der Waals surface area contributed by atoms with Crippen LogP contribution < -0.4 is 5.32 Å². The summed E-state index contributed by atoms with van der Waals surface area (Å²) in [5.74, 6) is -0.171. The number of thiophene rings is 1. The summed E-state index contributed by atoms with van der Waals surface area (Å²) >= 11 is 4.75. The van der Waals surface area contributed by atoms with Crippen molar-refractivity contribution in [1.82, 2.24) is 5.16 Å². The molecule has 2 aromatic rings. The van der Waals surface area contributed by atoms with Crippen molar-refractivity contribution in [3.05, 3.63) is 33.3 Å². The summed E-state index contributed by atoms with van der Waals surface area (Å²) in [6.07, 6.45) is 2.82. The van der Waals surface area contributed by atoms with E-state index in [2.05, 4.69) is 30.9 Å². The summed E-state index contributed by atoms with van der Waals surface area (Å²) in [6.45, 7) is 0. The fourth-order valence-corrected chi connectivity index (χ4v) is 2.04. The van der Waals surface area contributed by atoms with Crippen molar-refractivity contribution in [1.29, 1.82) is 0 Å². The minimum absolute atomic E-state index is 0.171. The van der Waals surface area contributed by atoms with Crippen LogP contribution in [-0.4, -0.2) is 11.1 Å². The van der Waals surface area contributed by atoms with Gasteiger partial charge in [-0.3, -0.25) is 4.79 Å². The largest absolute Gasteiger partial charge is 0.363 e. The lowest BCUT2D eigenvalue weighted by molar-refractivity contribution is 0.102. The molecule has 0 saturated carbocycles. The van der Waals surface area contributed by atoms with Crippen molar-refractivity contribution in [2.24, 2.45) is 0 Å². The fraction of sp³-hybridized carbons (Fsp3) is 0. The van der Waals surface area contributed by atoms with Gasteiger partial charge in [-0.1, -0.05) is 5.16 Å². The first kappa shape index (κ1) is 9.42. The average molecular weight is 273 g/mol. The van der Waals surface area contributed by atoms with Crippen LogP contribution in [0.25, 0.3) is 0 Å². The van der Waals surface area contributed by atoms with Crippen LogP contribution in [0.5, 0.6) is 0 Å². The maximum atomic E-state index is 11.5. The lowest BCUT2D eigenvalue weighted by atomic mass is 10.3. The van der Waals surface area contributed by atoms with E-state index in [4.69, 9.17) is 0 Å². The third kappa shape index (κ3) is 2.02. The molecule has 0 spiro atoms. The van der Waals surface area contributed by atoms with Crippen LogP contribution in [0, 0.1) is 0 Å². The monoisotopic (exact) mass is 272 g/mol. The van der Waals surface area contributed by atoms with Crippen LogP contribution in [0.2, 0.25) is 0 Å². The summed E-state index contributed by atoms with van der Waals surface area (Å²) < 4.78 is 5.51. The van der Waals surface area contributed by atoms with E-state index < -0.39 is 0 Å². The molecule has 0 saturated heterocycles. The van der Waals surface area contributed by atoms with Gasteiger partial charge in [-0.2, -0.15) is 0 Å². The minimum Gasteiger partial charge on any atom is -0.363 e. The molecule has 0 aromatic carbocycles. The topological polar surface area (TPSA) is 55.1 Å². The van der Waals surface area contributed by atoms with Crippen LogP contribution >= 0.6 is 27.3 Å². The molecule has 0 fully saturated rings. The van der Waals surface area contributed by atoms with E-state index in [9.17, 15) is 4.79 Å². The molecule has 0 aliphatic heterocycles. The summed E-state index contributed by atoms with van der Waals surface area (Å²) in [4.78, 5) is 11.5. The molecule has 0 radical (unpaired) electrons. The SMILES string of the molecule is O=C(Nc1cnoc1)c1csc(Br)c1. The third-order valence-electron chi connectivity index (χ3n) is 1.52. The first-order valence-electron chi connectivity index (χ1n) is 3.70. The number of rotatable bonds is 2. The molecule has 2 aromatic heterocycles. The Bertz CT molecular complexity index is 438. The van der Waals surface area contributed by atoms with Crippen molar-refractivity contribution in [2.45, 2.75) is 0 Å². The molecular formula is C8H5BrN2O2S. The number of hydrogen-bond acceptors (Lipinski definition) is 4. The number of nitrogens with zero attached hydrogens (tertiary/aromatic N) is 1. The van der Waals surface area contributed by atoms with Gasteiger partial charge >= 0.3 is 0 Å². The number of anilines is 1. The van der Waals surface area contributed by atoms with Crippen molar-refractivity contribution in [2.75, 3.05) is 5.32 Å². The molecule has 0 atom stereocenters. The van der Waals surface area contributed by atoms with Gasteiger partial charge in [-0.25, -0.2) is 0 Å². The smallest absolute Gasteiger partial charge is 0.256 e. The van der Waals surface area contributed by atoms with E-state index in [1.807, 2.05) is 0 Å². The molecule has 1 N–H and O–H groups in total. The van der Waals surface area contributed by atoms with E-state index in [0.29, 0.717) is 11.3 Å². The number of hydrogen-bond donors (Lipinski definition) is 1. The Labute approximate surface area is 92.0 Å². The van der Waals surface area contributed by atoms with E-state index in [1.165, 1.54) is 23.8 Å². The molecule has 0 aliphatic carbocycles. The predicted molar refractivity (Wildman–Crippen MR) is 56.5 cm³/mol. The first-order valence-corrected chi connectivity index (χ1v) is 5.38. The van der Waals surface area contributed by atoms with Crippen LogP contribution in [0.1, 0.15) is 10.4 Å². The number of aromatic nitrogens is 1. The lowest BCUT2D eigenvalue weighted by Gasteiger charge is -1.96. The number of carbonyl (C=O) groups excluding carboxylic acids is 1. The second kappa shape index (κ2) is 3.93. The van der Waals surface area contributed by atoms with Crippen LogP contribution in [-0.2, 0) is 0 Å². The van der Waals surface area contributed by atoms with Gasteiger partial charge in [-0.05, 0) is 22.0 Å². The number of nitrogens with one attached hydrogen (secondary N) is 1. The van der Waals surface area contributed by atoms with E-state index >= 15 is 0 Å². The Hall–Kier alpha value is -1.14. The van der Waals surface area contributed by atoms with Gasteiger partial charge in [0, 0.05) is 5.38 Å². The Morgan fingerprint density at radius 1 is 1.64 bits per heavy atom. The standard InChI is InChI=1S/C8H5BrN2O2S/c9-7-1-5(4-14-7)8(12)11-6-2-10-13-3-6/h1-4H,(H,11,12). The van der Waals surface area contributed by atoms with Crippen LogP contribution in [0.15, 0.2) is 32.2 Å². The van der Waals surface area contributed by atoms with Gasteiger partial charge in [-0.15, -0.1) is 11.3 Å². The van der Waals surface area contributed by atoms with Crippen LogP contribution in [0.4, 0.5) is 5.69 Å². The van der Waals surface area contributed by atoms with E-state index in [1.54, 1.807) is 11.4 Å². The summed E-state index contributed by atoms with van der Waals surface area (Å²) in [7, 11) is 0. The zero-order chi connectivity index (χ0) is 9.97. The molecule has 1 amide bonds. The molecular weight excluding hydrogens is 268 g/mol. The number of halogens is 1. The predicted octanol–water partition coefficient (Wildman–Crippen LogP) is 2.75. The van der Waals surface area contributed by atoms with Gasteiger partial charge < -0.3 is 9.84 Å². The maximum Gasteiger partial charge on any atom is 0.256 e. The fourth-order valence-electron chi connectivity index (χ4n) is 0.899. The molecule has 2 heterocycles. The molecule has 72 valence electrons. The summed E-state index contributed by atoms with van der Waals surface area (Å²) in [5, 5.41) is 7.89. The van der Waals surface area contributed by atoms with E-state index in [-0.39, 0.29) is 5.91 Å². The average Bonchev–Trinajstić information content (AvgIpc) is 2.75. The highest BCUT2D eigenvalue weighted by Crippen LogP contribution is 2.21. The normalized spacial score (nSPS) is 10.1. The van der Waals surface area contributed by atoms with Crippen molar-refractivity contribution >= 4 is 38.9 Å². The van der Waals surface area contributed by atoms with E-state index in [0.717, 1.165) is 3.79 Å².